The fraction of sp³-hybridized carbons (Fsp3) is 0.143. The maximum atomic E-state index is 12.4. The van der Waals surface area contributed by atoms with E-state index in [-0.39, 0.29) is 17.4 Å². The van der Waals surface area contributed by atoms with E-state index < -0.39 is 5.97 Å². The number of carbonyl (C=O) groups excluding carboxylic acids is 2. The predicted octanol–water partition coefficient (Wildman–Crippen LogP) is 3.04. The van der Waals surface area contributed by atoms with Crippen molar-refractivity contribution < 1.29 is 14.3 Å². The number of hydrazine groups is 1. The summed E-state index contributed by atoms with van der Waals surface area (Å²) in [6.45, 7) is 3.88. The number of nitrogens with one attached hydrogen (secondary N) is 3. The summed E-state index contributed by atoms with van der Waals surface area (Å²) in [6.07, 6.45) is 1.30. The zero-order valence-corrected chi connectivity index (χ0v) is 16.6. The van der Waals surface area contributed by atoms with E-state index in [1.165, 1.54) is 6.33 Å². The maximum Gasteiger partial charge on any atom is 0.338 e. The molecule has 0 spiro atoms. The highest BCUT2D eigenvalue weighted by molar-refractivity contribution is 5.96. The van der Waals surface area contributed by atoms with Gasteiger partial charge in [-0.1, -0.05) is 24.3 Å². The largest absolute Gasteiger partial charge is 0.462 e. The van der Waals surface area contributed by atoms with E-state index in [1.54, 1.807) is 43.3 Å². The molecule has 30 heavy (non-hydrogen) atoms. The number of benzene rings is 2. The number of esters is 1. The summed E-state index contributed by atoms with van der Waals surface area (Å²) in [5.41, 5.74) is 14.0. The monoisotopic (exact) mass is 406 g/mol. The Hall–Kier alpha value is -4.14. The number of hydrogen-bond donors (Lipinski definition) is 4. The highest BCUT2D eigenvalue weighted by atomic mass is 16.5. The number of nitrogens with zero attached hydrogens (tertiary/aromatic N) is 2. The third-order valence-electron chi connectivity index (χ3n) is 4.20. The Morgan fingerprint density at radius 1 is 1.07 bits per heavy atom. The molecule has 1 aromatic heterocycles. The summed E-state index contributed by atoms with van der Waals surface area (Å²) in [5, 5.41) is 3.04. The smallest absolute Gasteiger partial charge is 0.338 e. The Morgan fingerprint density at radius 3 is 2.60 bits per heavy atom. The number of rotatable bonds is 7. The molecule has 0 unspecified atom stereocenters. The number of amides is 1. The molecule has 0 aliphatic carbocycles. The van der Waals surface area contributed by atoms with Gasteiger partial charge in [0.2, 0.25) is 0 Å². The molecular formula is C21H22N6O3. The maximum absolute atomic E-state index is 12.4. The molecule has 1 amide bonds. The molecule has 0 saturated carbocycles. The predicted molar refractivity (Wildman–Crippen MR) is 114 cm³/mol. The summed E-state index contributed by atoms with van der Waals surface area (Å²) < 4.78 is 5.01. The third kappa shape index (κ3) is 4.82. The van der Waals surface area contributed by atoms with Gasteiger partial charge in [0.15, 0.2) is 11.6 Å². The van der Waals surface area contributed by atoms with Gasteiger partial charge < -0.3 is 15.8 Å². The minimum atomic E-state index is -0.418. The summed E-state index contributed by atoms with van der Waals surface area (Å²) in [6, 6.07) is 14.0. The fourth-order valence-electron chi connectivity index (χ4n) is 2.68. The molecule has 9 nitrogen and oxygen atoms in total. The average Bonchev–Trinajstić information content (AvgIpc) is 2.75. The van der Waals surface area contributed by atoms with E-state index in [0.717, 1.165) is 5.56 Å². The summed E-state index contributed by atoms with van der Waals surface area (Å²) in [7, 11) is 0. The lowest BCUT2D eigenvalue weighted by Crippen LogP contribution is -2.30. The van der Waals surface area contributed by atoms with Crippen LogP contribution in [-0.4, -0.2) is 28.5 Å². The zero-order chi connectivity index (χ0) is 21.5. The number of hydrogen-bond acceptors (Lipinski definition) is 8. The minimum Gasteiger partial charge on any atom is -0.462 e. The van der Waals surface area contributed by atoms with Crippen LogP contribution in [0.3, 0.4) is 0 Å². The van der Waals surface area contributed by atoms with Gasteiger partial charge in [0.1, 0.15) is 12.0 Å². The van der Waals surface area contributed by atoms with Crippen LogP contribution in [0.5, 0.6) is 0 Å². The highest BCUT2D eigenvalue weighted by Crippen LogP contribution is 2.26. The lowest BCUT2D eigenvalue weighted by Gasteiger charge is -2.14. The zero-order valence-electron chi connectivity index (χ0n) is 16.6. The van der Waals surface area contributed by atoms with Crippen molar-refractivity contribution in [2.45, 2.75) is 13.8 Å². The van der Waals surface area contributed by atoms with Crippen LogP contribution in [0.25, 0.3) is 0 Å². The molecule has 5 N–H and O–H groups in total. The van der Waals surface area contributed by atoms with Crippen molar-refractivity contribution in [2.75, 3.05) is 23.1 Å². The first-order valence-corrected chi connectivity index (χ1v) is 9.26. The van der Waals surface area contributed by atoms with Crippen molar-refractivity contribution in [3.8, 4) is 0 Å². The lowest BCUT2D eigenvalue weighted by molar-refractivity contribution is 0.0526. The van der Waals surface area contributed by atoms with Crippen LogP contribution >= 0.6 is 0 Å². The number of aryl methyl sites for hydroxylation is 1. The van der Waals surface area contributed by atoms with E-state index >= 15 is 0 Å². The summed E-state index contributed by atoms with van der Waals surface area (Å²) >= 11 is 0. The van der Waals surface area contributed by atoms with Crippen LogP contribution in [0.2, 0.25) is 0 Å². The normalized spacial score (nSPS) is 10.2. The number of anilines is 4. The van der Waals surface area contributed by atoms with Gasteiger partial charge in [-0.25, -0.2) is 14.8 Å². The van der Waals surface area contributed by atoms with Crippen molar-refractivity contribution in [3.05, 3.63) is 71.5 Å². The van der Waals surface area contributed by atoms with E-state index in [4.69, 9.17) is 10.5 Å². The number of carbonyl (C=O) groups is 2. The second-order valence-corrected chi connectivity index (χ2v) is 6.30. The molecule has 0 aliphatic rings. The molecule has 0 saturated heterocycles. The van der Waals surface area contributed by atoms with E-state index in [9.17, 15) is 9.59 Å². The SMILES string of the molecule is CCOC(=O)c1cccc(Nc2ncnc(NNC(=O)c3ccccc3C)c2N)c1. The first kappa shape index (κ1) is 20.6. The summed E-state index contributed by atoms with van der Waals surface area (Å²) in [5.74, 6) is -0.185. The van der Waals surface area contributed by atoms with Crippen LogP contribution in [0.1, 0.15) is 33.2 Å². The molecule has 3 rings (SSSR count). The second kappa shape index (κ2) is 9.37. The Kier molecular flexibility index (Phi) is 6.43. The molecule has 1 heterocycles. The first-order chi connectivity index (χ1) is 14.5. The van der Waals surface area contributed by atoms with Gasteiger partial charge in [-0.15, -0.1) is 0 Å². The van der Waals surface area contributed by atoms with Crippen LogP contribution in [-0.2, 0) is 4.74 Å². The quantitative estimate of drug-likeness (QED) is 0.348. The van der Waals surface area contributed by atoms with Crippen LogP contribution in [0.4, 0.5) is 23.0 Å². The van der Waals surface area contributed by atoms with E-state index in [1.807, 2.05) is 19.1 Å². The first-order valence-electron chi connectivity index (χ1n) is 9.26. The van der Waals surface area contributed by atoms with Crippen molar-refractivity contribution in [1.82, 2.24) is 15.4 Å². The number of nitrogens with two attached hydrogens (primary N) is 1. The molecule has 0 radical (unpaired) electrons. The lowest BCUT2D eigenvalue weighted by atomic mass is 10.1. The Bertz CT molecular complexity index is 1070. The number of nitrogen functional groups attached to an aromatic ring is 1. The molecule has 0 fully saturated rings. The van der Waals surface area contributed by atoms with Crippen molar-refractivity contribution in [2.24, 2.45) is 0 Å². The number of ether oxygens (including phenoxy) is 1. The molecule has 3 aromatic rings. The van der Waals surface area contributed by atoms with E-state index in [2.05, 4.69) is 26.1 Å². The van der Waals surface area contributed by atoms with E-state index in [0.29, 0.717) is 29.2 Å². The van der Waals surface area contributed by atoms with Gasteiger partial charge in [-0.05, 0) is 43.7 Å². The number of aromatic nitrogens is 2. The Labute approximate surface area is 173 Å². The topological polar surface area (TPSA) is 131 Å². The average molecular weight is 406 g/mol. The van der Waals surface area contributed by atoms with Gasteiger partial charge in [0.05, 0.1) is 12.2 Å². The van der Waals surface area contributed by atoms with Gasteiger partial charge in [-0.2, -0.15) is 0 Å². The molecule has 0 aliphatic heterocycles. The standard InChI is InChI=1S/C21H22N6O3/c1-3-30-21(29)14-8-6-9-15(11-14)25-18-17(22)19(24-12-23-18)26-27-20(28)16-10-5-4-7-13(16)2/h4-12H,3,22H2,1-2H3,(H,27,28)(H2,23,24,25,26). The molecule has 2 aromatic carbocycles. The van der Waals surface area contributed by atoms with Crippen LogP contribution in [0, 0.1) is 6.92 Å². The Morgan fingerprint density at radius 2 is 1.83 bits per heavy atom. The molecule has 9 heteroatoms. The molecular weight excluding hydrogens is 384 g/mol. The van der Waals surface area contributed by atoms with Crippen molar-refractivity contribution >= 4 is 34.9 Å². The van der Waals surface area contributed by atoms with Gasteiger partial charge >= 0.3 is 5.97 Å². The van der Waals surface area contributed by atoms with Crippen molar-refractivity contribution in [1.29, 1.82) is 0 Å². The van der Waals surface area contributed by atoms with Crippen LogP contribution in [0.15, 0.2) is 54.9 Å². The second-order valence-electron chi connectivity index (χ2n) is 6.30. The van der Waals surface area contributed by atoms with Gasteiger partial charge in [0, 0.05) is 11.3 Å². The van der Waals surface area contributed by atoms with Crippen LogP contribution < -0.4 is 21.9 Å². The van der Waals surface area contributed by atoms with Crippen molar-refractivity contribution in [3.63, 3.8) is 0 Å². The summed E-state index contributed by atoms with van der Waals surface area (Å²) in [4.78, 5) is 32.5. The highest BCUT2D eigenvalue weighted by Gasteiger charge is 2.13. The van der Waals surface area contributed by atoms with Gasteiger partial charge in [-0.3, -0.25) is 15.6 Å². The fourth-order valence-corrected chi connectivity index (χ4v) is 2.68. The third-order valence-corrected chi connectivity index (χ3v) is 4.20. The van der Waals surface area contributed by atoms with Gasteiger partial charge in [0.25, 0.3) is 5.91 Å². The Balaban J connectivity index is 1.72. The molecule has 0 atom stereocenters. The minimum absolute atomic E-state index is 0.198. The molecule has 154 valence electrons. The molecule has 0 bridgehead atoms.